The molecule has 3 aromatic rings. The highest BCUT2D eigenvalue weighted by molar-refractivity contribution is 6.01. The number of aromatic nitrogens is 4. The number of likely N-dealkylation sites (tertiary alicyclic amines) is 1. The normalized spacial score (nSPS) is 20.1. The molecule has 2 unspecified atom stereocenters. The van der Waals surface area contributed by atoms with Crippen molar-refractivity contribution in [3.8, 4) is 0 Å². The van der Waals surface area contributed by atoms with Gasteiger partial charge in [-0.05, 0) is 26.3 Å². The quantitative estimate of drug-likeness (QED) is 0.584. The van der Waals surface area contributed by atoms with E-state index in [1.54, 1.807) is 26.2 Å². The maximum absolute atomic E-state index is 12.4. The zero-order valence-electron chi connectivity index (χ0n) is 16.6. The molecule has 30 heavy (non-hydrogen) atoms. The Morgan fingerprint density at radius 2 is 2.20 bits per heavy atom. The first-order valence-electron chi connectivity index (χ1n) is 9.76. The number of alkyl halides is 3. The predicted octanol–water partition coefficient (Wildman–Crippen LogP) is 2.28. The highest BCUT2D eigenvalue weighted by Gasteiger charge is 2.35. The summed E-state index contributed by atoms with van der Waals surface area (Å²) in [5, 5.41) is 13.1. The number of amides is 1. The van der Waals surface area contributed by atoms with Crippen LogP contribution in [0, 0.1) is 0 Å². The molecule has 1 fully saturated rings. The second-order valence-electron chi connectivity index (χ2n) is 7.69. The summed E-state index contributed by atoms with van der Waals surface area (Å²) in [5.41, 5.74) is 2.21. The summed E-state index contributed by atoms with van der Waals surface area (Å²) in [6, 6.07) is 1.11. The summed E-state index contributed by atoms with van der Waals surface area (Å²) >= 11 is 0. The van der Waals surface area contributed by atoms with Crippen LogP contribution in [0.3, 0.4) is 0 Å². The number of nitrogens with zero attached hydrogens (tertiary/aromatic N) is 4. The maximum Gasteiger partial charge on any atom is 0.405 e. The van der Waals surface area contributed by atoms with Gasteiger partial charge >= 0.3 is 6.18 Å². The van der Waals surface area contributed by atoms with Crippen molar-refractivity contribution < 1.29 is 23.1 Å². The van der Waals surface area contributed by atoms with Crippen LogP contribution in [-0.4, -0.2) is 67.3 Å². The van der Waals surface area contributed by atoms with Crippen molar-refractivity contribution in [1.29, 1.82) is 0 Å². The fourth-order valence-electron chi connectivity index (χ4n) is 4.11. The second-order valence-corrected chi connectivity index (χ2v) is 7.69. The van der Waals surface area contributed by atoms with Crippen LogP contribution in [-0.2, 0) is 4.79 Å². The van der Waals surface area contributed by atoms with Crippen molar-refractivity contribution in [1.82, 2.24) is 29.7 Å². The van der Waals surface area contributed by atoms with Gasteiger partial charge in [-0.25, -0.2) is 9.97 Å². The summed E-state index contributed by atoms with van der Waals surface area (Å²) in [6.07, 6.45) is -1.15. The van der Waals surface area contributed by atoms with E-state index in [-0.39, 0.29) is 6.04 Å². The van der Waals surface area contributed by atoms with E-state index in [1.165, 1.54) is 0 Å². The summed E-state index contributed by atoms with van der Waals surface area (Å²) in [4.78, 5) is 26.0. The number of aliphatic hydroxyl groups is 1. The lowest BCUT2D eigenvalue weighted by Crippen LogP contribution is -2.46. The lowest BCUT2D eigenvalue weighted by atomic mass is 10.2. The van der Waals surface area contributed by atoms with Gasteiger partial charge in [0.25, 0.3) is 0 Å². The number of carbonyl (C=O) groups excluding carboxylic acids is 1. The lowest BCUT2D eigenvalue weighted by Gasteiger charge is -2.24. The highest BCUT2D eigenvalue weighted by Crippen LogP contribution is 2.34. The third-order valence-corrected chi connectivity index (χ3v) is 5.59. The predicted molar refractivity (Wildman–Crippen MR) is 104 cm³/mol. The van der Waals surface area contributed by atoms with E-state index in [9.17, 15) is 23.1 Å². The number of fused-ring (bicyclic) bond motifs is 3. The molecule has 0 spiro atoms. The Morgan fingerprint density at radius 1 is 1.43 bits per heavy atom. The number of aliphatic hydroxyl groups excluding tert-OH is 1. The Labute approximate surface area is 170 Å². The molecule has 162 valence electrons. The van der Waals surface area contributed by atoms with E-state index < -0.39 is 30.8 Å². The largest absolute Gasteiger partial charge is 0.405 e. The van der Waals surface area contributed by atoms with E-state index in [4.69, 9.17) is 0 Å². The van der Waals surface area contributed by atoms with Gasteiger partial charge in [0.15, 0.2) is 0 Å². The number of nitrogens with one attached hydrogen (secondary N) is 2. The van der Waals surface area contributed by atoms with Gasteiger partial charge in [-0.15, -0.1) is 0 Å². The molecule has 1 amide bonds. The average Bonchev–Trinajstić information content (AvgIpc) is 3.40. The molecule has 3 atom stereocenters. The minimum absolute atomic E-state index is 0.0852. The Hall–Kier alpha value is -2.66. The molecule has 8 nitrogen and oxygen atoms in total. The molecule has 0 bridgehead atoms. The minimum atomic E-state index is -4.44. The summed E-state index contributed by atoms with van der Waals surface area (Å²) in [7, 11) is 0. The van der Waals surface area contributed by atoms with Crippen LogP contribution in [0.1, 0.15) is 38.2 Å². The molecule has 0 aromatic carbocycles. The third kappa shape index (κ3) is 3.74. The maximum atomic E-state index is 12.4. The van der Waals surface area contributed by atoms with Gasteiger partial charge in [0, 0.05) is 30.7 Å². The number of H-pyrrole nitrogens is 1. The van der Waals surface area contributed by atoms with Crippen LogP contribution < -0.4 is 5.32 Å². The van der Waals surface area contributed by atoms with Crippen molar-refractivity contribution in [3.05, 3.63) is 24.3 Å². The second kappa shape index (κ2) is 7.55. The van der Waals surface area contributed by atoms with E-state index in [2.05, 4.69) is 15.0 Å². The summed E-state index contributed by atoms with van der Waals surface area (Å²) < 4.78 is 39.2. The Morgan fingerprint density at radius 3 is 2.90 bits per heavy atom. The first-order chi connectivity index (χ1) is 14.2. The number of halogens is 3. The van der Waals surface area contributed by atoms with Gasteiger partial charge in [-0.1, -0.05) is 0 Å². The Bertz CT molecular complexity index is 1070. The average molecular weight is 424 g/mol. The monoisotopic (exact) mass is 424 g/mol. The van der Waals surface area contributed by atoms with Gasteiger partial charge in [0.05, 0.1) is 17.8 Å². The zero-order chi connectivity index (χ0) is 21.6. The fraction of sp³-hybridized carbons (Fsp3) is 0.526. The standard InChI is InChI=1S/C19H23F3N6O2/c1-10(18(30)25-9-19(20,21)22)27-6-4-12(8-27)28-15-13-3-5-23-16(13)24-7-14(15)26-17(28)11(2)29/h3,5,7,10-12,29H,4,6,8-9H2,1-2H3,(H,23,24)(H,25,30)/t10?,11-,12?/m1/s1. The van der Waals surface area contributed by atoms with Gasteiger partial charge in [0.2, 0.25) is 5.91 Å². The molecule has 0 saturated carbocycles. The molecule has 1 aliphatic heterocycles. The van der Waals surface area contributed by atoms with Crippen molar-refractivity contribution >= 4 is 28.0 Å². The molecule has 11 heteroatoms. The first kappa shape index (κ1) is 20.6. The van der Waals surface area contributed by atoms with Crippen molar-refractivity contribution in [3.63, 3.8) is 0 Å². The molecular weight excluding hydrogens is 401 g/mol. The Balaban J connectivity index is 1.61. The van der Waals surface area contributed by atoms with Crippen LogP contribution in [0.4, 0.5) is 13.2 Å². The first-order valence-corrected chi connectivity index (χ1v) is 9.76. The van der Waals surface area contributed by atoms with Crippen molar-refractivity contribution in [2.45, 2.75) is 44.6 Å². The van der Waals surface area contributed by atoms with Gasteiger partial charge in [-0.2, -0.15) is 13.2 Å². The molecule has 1 saturated heterocycles. The smallest absolute Gasteiger partial charge is 0.385 e. The molecule has 1 aliphatic rings. The van der Waals surface area contributed by atoms with Gasteiger partial charge in [0.1, 0.15) is 29.6 Å². The van der Waals surface area contributed by atoms with Crippen LogP contribution in [0.5, 0.6) is 0 Å². The van der Waals surface area contributed by atoms with Crippen LogP contribution in [0.2, 0.25) is 0 Å². The number of pyridine rings is 1. The van der Waals surface area contributed by atoms with Crippen LogP contribution in [0.25, 0.3) is 22.1 Å². The van der Waals surface area contributed by atoms with E-state index >= 15 is 0 Å². The highest BCUT2D eigenvalue weighted by atomic mass is 19.4. The SMILES string of the molecule is CC(C(=O)NCC(F)(F)F)N1CCC(n2c([C@@H](C)O)nc3cnc4[nH]ccc4c32)C1. The van der Waals surface area contributed by atoms with Crippen LogP contribution >= 0.6 is 0 Å². The van der Waals surface area contributed by atoms with Gasteiger partial charge < -0.3 is 20.0 Å². The molecular formula is C19H23F3N6O2. The van der Waals surface area contributed by atoms with Crippen LogP contribution in [0.15, 0.2) is 18.5 Å². The van der Waals surface area contributed by atoms with Gasteiger partial charge in [-0.3, -0.25) is 9.69 Å². The van der Waals surface area contributed by atoms with Crippen molar-refractivity contribution in [2.24, 2.45) is 0 Å². The zero-order valence-corrected chi connectivity index (χ0v) is 16.6. The molecule has 4 rings (SSSR count). The summed E-state index contributed by atoms with van der Waals surface area (Å²) in [6.45, 7) is 2.90. The fourth-order valence-corrected chi connectivity index (χ4v) is 4.11. The number of hydrogen-bond donors (Lipinski definition) is 3. The molecule has 0 aliphatic carbocycles. The third-order valence-electron chi connectivity index (χ3n) is 5.59. The number of aromatic amines is 1. The van der Waals surface area contributed by atoms with E-state index in [1.807, 2.05) is 20.9 Å². The molecule has 0 radical (unpaired) electrons. The number of carbonyl (C=O) groups is 1. The van der Waals surface area contributed by atoms with Crippen molar-refractivity contribution in [2.75, 3.05) is 19.6 Å². The molecule has 4 heterocycles. The van der Waals surface area contributed by atoms with E-state index in [0.29, 0.717) is 36.5 Å². The number of hydrogen-bond acceptors (Lipinski definition) is 5. The molecule has 3 aromatic heterocycles. The lowest BCUT2D eigenvalue weighted by molar-refractivity contribution is -0.141. The number of rotatable bonds is 5. The molecule has 3 N–H and O–H groups in total. The summed E-state index contributed by atoms with van der Waals surface area (Å²) in [5.74, 6) is -0.155. The number of imidazole rings is 1. The Kier molecular flexibility index (Phi) is 5.18. The minimum Gasteiger partial charge on any atom is -0.385 e. The topological polar surface area (TPSA) is 99.1 Å². The van der Waals surface area contributed by atoms with E-state index in [0.717, 1.165) is 10.9 Å².